The number of aromatic nitrogens is 1. The number of thiazole rings is 1. The summed E-state index contributed by atoms with van der Waals surface area (Å²) in [6.07, 6.45) is -12.4. The number of halogens is 10. The lowest BCUT2D eigenvalue weighted by atomic mass is 9.80. The number of carbonyl (C=O) groups is 2. The summed E-state index contributed by atoms with van der Waals surface area (Å²) >= 11 is 12.8. The first kappa shape index (κ1) is 33.1. The molecule has 0 aliphatic carbocycles. The molecule has 3 saturated heterocycles. The van der Waals surface area contributed by atoms with Gasteiger partial charge >= 0.3 is 12.4 Å². The van der Waals surface area contributed by atoms with Gasteiger partial charge in [0.25, 0.3) is 17.7 Å². The minimum atomic E-state index is -5.84. The largest absolute Gasteiger partial charge is 0.406 e. The van der Waals surface area contributed by atoms with Crippen molar-refractivity contribution in [3.05, 3.63) is 38.4 Å². The van der Waals surface area contributed by atoms with E-state index in [-0.39, 0.29) is 47.0 Å². The molecule has 242 valence electrons. The average molecular weight is 714 g/mol. The van der Waals surface area contributed by atoms with Crippen LogP contribution in [0.4, 0.5) is 35.1 Å². The highest BCUT2D eigenvalue weighted by Gasteiger charge is 2.69. The Morgan fingerprint density at radius 2 is 1.59 bits per heavy atom. The van der Waals surface area contributed by atoms with E-state index in [0.717, 1.165) is 11.0 Å². The summed E-state index contributed by atoms with van der Waals surface area (Å²) in [6.45, 7) is 0.553. The number of likely N-dealkylation sites (tertiary alicyclic amines) is 2. The number of benzene rings is 1. The van der Waals surface area contributed by atoms with E-state index in [0.29, 0.717) is 17.4 Å². The van der Waals surface area contributed by atoms with Crippen LogP contribution in [-0.2, 0) is 15.1 Å². The number of nitrogens with one attached hydrogen (secondary N) is 1. The number of amides is 2. The van der Waals surface area contributed by atoms with Crippen LogP contribution >= 0.6 is 34.5 Å². The molecule has 1 spiro atoms. The van der Waals surface area contributed by atoms with Crippen LogP contribution in [0.2, 0.25) is 10.0 Å². The molecule has 1 aromatic carbocycles. The summed E-state index contributed by atoms with van der Waals surface area (Å²) in [6, 6.07) is 0.263. The second kappa shape index (κ2) is 10.1. The molecule has 0 bridgehead atoms. The predicted octanol–water partition coefficient (Wildman–Crippen LogP) is 6.87. The summed E-state index contributed by atoms with van der Waals surface area (Å²) in [4.78, 5) is 32.8. The van der Waals surface area contributed by atoms with Gasteiger partial charge in [-0.3, -0.25) is 14.4 Å². The Balaban J connectivity index is 1.58. The Labute approximate surface area is 259 Å². The van der Waals surface area contributed by atoms with E-state index in [1.807, 2.05) is 0 Å². The van der Waals surface area contributed by atoms with Gasteiger partial charge in [0.1, 0.15) is 5.69 Å². The molecule has 19 heteroatoms. The summed E-state index contributed by atoms with van der Waals surface area (Å²) in [7, 11) is -2.71. The molecule has 2 aromatic rings. The maximum Gasteiger partial charge on any atom is 0.406 e. The number of hydrogen-bond acceptors (Lipinski definition) is 6. The van der Waals surface area contributed by atoms with Crippen LogP contribution in [0.25, 0.3) is 10.4 Å². The third kappa shape index (κ3) is 5.24. The molecular weight excluding hydrogens is 691 g/mol. The van der Waals surface area contributed by atoms with Crippen molar-refractivity contribution in [2.45, 2.75) is 50.0 Å². The quantitative estimate of drug-likeness (QED) is 0.350. The van der Waals surface area contributed by atoms with Crippen molar-refractivity contribution in [2.75, 3.05) is 31.1 Å². The van der Waals surface area contributed by atoms with E-state index in [2.05, 4.69) is 4.98 Å². The molecule has 44 heavy (non-hydrogen) atoms. The molecule has 2 amide bonds. The van der Waals surface area contributed by atoms with Gasteiger partial charge in [-0.05, 0) is 19.4 Å². The van der Waals surface area contributed by atoms with Crippen LogP contribution in [0.5, 0.6) is 0 Å². The highest BCUT2D eigenvalue weighted by molar-refractivity contribution is 7.93. The fourth-order valence-corrected chi connectivity index (χ4v) is 9.89. The lowest BCUT2D eigenvalue weighted by molar-refractivity contribution is -0.297. The van der Waals surface area contributed by atoms with E-state index < -0.39 is 91.0 Å². The summed E-state index contributed by atoms with van der Waals surface area (Å²) in [5.41, 5.74) is -7.22. The first-order valence-corrected chi connectivity index (χ1v) is 16.2. The third-order valence-corrected chi connectivity index (χ3v) is 12.3. The number of nitrogens with zero attached hydrogens (tertiary/aromatic N) is 3. The monoisotopic (exact) mass is 712 g/mol. The fraction of sp³-hybridized carbons (Fsp3) is 0.560. The van der Waals surface area contributed by atoms with Crippen LogP contribution in [0.15, 0.2) is 12.1 Å². The SMILES string of the molecule is C[C@H]1CC(F)(F)CN1C(=O)c1nc(C(=O)N2CC3(C2)CS(=N)(=O)C3)sc1-c1ccc(C(C)(C(F)(F)F)C(F)(F)F)c(Cl)c1Cl. The summed E-state index contributed by atoms with van der Waals surface area (Å²) < 4.78 is 130. The number of carbonyl (C=O) groups excluding carboxylic acids is 2. The van der Waals surface area contributed by atoms with Gasteiger partial charge in [-0.2, -0.15) is 26.3 Å². The maximum absolute atomic E-state index is 14.1. The minimum Gasteiger partial charge on any atom is -0.335 e. The van der Waals surface area contributed by atoms with Crippen LogP contribution in [0.1, 0.15) is 46.1 Å². The van der Waals surface area contributed by atoms with E-state index in [9.17, 15) is 48.9 Å². The smallest absolute Gasteiger partial charge is 0.335 e. The van der Waals surface area contributed by atoms with Crippen LogP contribution in [0.3, 0.4) is 0 Å². The zero-order chi connectivity index (χ0) is 33.0. The molecule has 1 aromatic heterocycles. The highest BCUT2D eigenvalue weighted by atomic mass is 35.5. The van der Waals surface area contributed by atoms with Gasteiger partial charge in [0, 0.05) is 57.8 Å². The lowest BCUT2D eigenvalue weighted by Gasteiger charge is -2.55. The Morgan fingerprint density at radius 3 is 2.07 bits per heavy atom. The normalized spacial score (nSPS) is 22.6. The van der Waals surface area contributed by atoms with Crippen molar-refractivity contribution in [3.63, 3.8) is 0 Å². The Morgan fingerprint density at radius 1 is 1.02 bits per heavy atom. The van der Waals surface area contributed by atoms with Crippen molar-refractivity contribution in [3.8, 4) is 10.4 Å². The second-order valence-electron chi connectivity index (χ2n) is 11.7. The van der Waals surface area contributed by atoms with Gasteiger partial charge < -0.3 is 9.80 Å². The molecule has 3 fully saturated rings. The minimum absolute atomic E-state index is 0.0986. The molecule has 4 heterocycles. The summed E-state index contributed by atoms with van der Waals surface area (Å²) in [5, 5.41) is -2.24. The van der Waals surface area contributed by atoms with Crippen molar-refractivity contribution < 1.29 is 48.9 Å². The van der Waals surface area contributed by atoms with Gasteiger partial charge in [-0.15, -0.1) is 11.3 Å². The zero-order valence-corrected chi connectivity index (χ0v) is 25.8. The molecule has 3 aliphatic rings. The topological polar surface area (TPSA) is 94.4 Å². The third-order valence-electron chi connectivity index (χ3n) is 8.22. The molecule has 0 radical (unpaired) electrons. The van der Waals surface area contributed by atoms with Crippen LogP contribution < -0.4 is 0 Å². The maximum atomic E-state index is 14.1. The number of rotatable bonds is 4. The van der Waals surface area contributed by atoms with Crippen molar-refractivity contribution in [1.82, 2.24) is 14.8 Å². The standard InChI is InChI=1S/C25H22Cl2F8N4O3S2/c1-11-5-23(28,29)8-39(11)19(40)16-17(43-18(37-16)20(41)38-6-22(7-38)9-44(36,42)10-22)12-3-4-13(15(27)14(12)26)21(2,24(30,31)32)25(33,34)35/h3-4,11,36H,5-10H2,1-2H3/t11-/m0/s1. The van der Waals surface area contributed by atoms with Crippen molar-refractivity contribution >= 4 is 56.1 Å². The van der Waals surface area contributed by atoms with Crippen molar-refractivity contribution in [1.29, 1.82) is 4.78 Å². The predicted molar refractivity (Wildman–Crippen MR) is 146 cm³/mol. The van der Waals surface area contributed by atoms with Crippen molar-refractivity contribution in [2.24, 2.45) is 5.41 Å². The van der Waals surface area contributed by atoms with E-state index in [1.165, 1.54) is 11.8 Å². The van der Waals surface area contributed by atoms with Gasteiger partial charge in [0.15, 0.2) is 10.4 Å². The zero-order valence-electron chi connectivity index (χ0n) is 22.6. The molecule has 0 unspecified atom stereocenters. The lowest BCUT2D eigenvalue weighted by Crippen LogP contribution is -2.69. The Bertz CT molecular complexity index is 1640. The molecular formula is C25H22Cl2F8N4O3S2. The summed E-state index contributed by atoms with van der Waals surface area (Å²) in [5.74, 6) is -4.79. The molecule has 0 saturated carbocycles. The first-order valence-electron chi connectivity index (χ1n) is 12.8. The van der Waals surface area contributed by atoms with E-state index in [4.69, 9.17) is 28.0 Å². The molecule has 3 aliphatic heterocycles. The van der Waals surface area contributed by atoms with Gasteiger partial charge in [-0.1, -0.05) is 35.3 Å². The first-order chi connectivity index (χ1) is 19.9. The van der Waals surface area contributed by atoms with E-state index >= 15 is 0 Å². The van der Waals surface area contributed by atoms with E-state index in [1.54, 1.807) is 0 Å². The highest BCUT2D eigenvalue weighted by Crippen LogP contribution is 2.55. The Hall–Kier alpha value is -2.24. The van der Waals surface area contributed by atoms with Gasteiger partial charge in [0.05, 0.1) is 21.5 Å². The van der Waals surface area contributed by atoms with Gasteiger partial charge in [0.2, 0.25) is 0 Å². The second-order valence-corrected chi connectivity index (χ2v) is 15.7. The van der Waals surface area contributed by atoms with Crippen LogP contribution in [-0.4, -0.2) is 86.3 Å². The number of alkyl halides is 8. The number of hydrogen-bond donors (Lipinski definition) is 1. The Kier molecular flexibility index (Phi) is 7.63. The molecule has 7 nitrogen and oxygen atoms in total. The molecule has 1 N–H and O–H groups in total. The van der Waals surface area contributed by atoms with Crippen LogP contribution in [0, 0.1) is 10.2 Å². The van der Waals surface area contributed by atoms with Gasteiger partial charge in [-0.25, -0.2) is 18.0 Å². The average Bonchev–Trinajstić information content (AvgIpc) is 3.39. The molecule has 5 rings (SSSR count). The molecule has 1 atom stereocenters. The fourth-order valence-electron chi connectivity index (χ4n) is 5.91.